The second kappa shape index (κ2) is 6.44. The van der Waals surface area contributed by atoms with Gasteiger partial charge in [-0.3, -0.25) is 4.79 Å². The molecule has 2 aromatic carbocycles. The zero-order valence-electron chi connectivity index (χ0n) is 12.9. The molecule has 0 bridgehead atoms. The molecule has 0 aromatic heterocycles. The molecule has 0 saturated carbocycles. The van der Waals surface area contributed by atoms with Crippen LogP contribution >= 0.6 is 0 Å². The zero-order valence-corrected chi connectivity index (χ0v) is 12.9. The van der Waals surface area contributed by atoms with E-state index in [1.165, 1.54) is 0 Å². The fraction of sp³-hybridized carbons (Fsp3) is 0.278. The predicted octanol–water partition coefficient (Wildman–Crippen LogP) is 3.85. The van der Waals surface area contributed by atoms with E-state index < -0.39 is 0 Å². The number of methoxy groups -OCH3 is 2. The van der Waals surface area contributed by atoms with Crippen LogP contribution in [0.4, 0.5) is 0 Å². The molecule has 0 spiro atoms. The number of ether oxygens (including phenoxy) is 2. The fourth-order valence-electron chi connectivity index (χ4n) is 2.60. The molecule has 0 radical (unpaired) electrons. The van der Waals surface area contributed by atoms with Crippen LogP contribution in [-0.4, -0.2) is 20.5 Å². The molecule has 0 atom stereocenters. The molecule has 0 aliphatic heterocycles. The Morgan fingerprint density at radius 1 is 1.10 bits per heavy atom. The van der Waals surface area contributed by atoms with E-state index in [1.54, 1.807) is 21.1 Å². The molecule has 21 heavy (non-hydrogen) atoms. The Bertz CT molecular complexity index is 699. The summed E-state index contributed by atoms with van der Waals surface area (Å²) in [5.41, 5.74) is 2.81. The maximum Gasteiger partial charge on any atom is 0.145 e. The Kier molecular flexibility index (Phi) is 4.63. The highest BCUT2D eigenvalue weighted by Crippen LogP contribution is 2.40. The number of aldehydes is 1. The van der Waals surface area contributed by atoms with Crippen molar-refractivity contribution in [2.75, 3.05) is 14.2 Å². The molecule has 3 nitrogen and oxygen atoms in total. The molecule has 0 heterocycles. The summed E-state index contributed by atoms with van der Waals surface area (Å²) in [6.45, 7) is 3.82. The quantitative estimate of drug-likeness (QED) is 0.618. The highest BCUT2D eigenvalue weighted by atomic mass is 16.5. The summed E-state index contributed by atoms with van der Waals surface area (Å²) in [6, 6.07) is 8.02. The maximum absolute atomic E-state index is 10.8. The highest BCUT2D eigenvalue weighted by molar-refractivity contribution is 5.96. The third-order valence-corrected chi connectivity index (χ3v) is 3.71. The van der Waals surface area contributed by atoms with Crippen molar-refractivity contribution in [2.24, 2.45) is 0 Å². The van der Waals surface area contributed by atoms with Gasteiger partial charge < -0.3 is 9.47 Å². The minimum Gasteiger partial charge on any atom is -0.496 e. The number of benzene rings is 2. The normalized spacial score (nSPS) is 11.5. The predicted molar refractivity (Wildman–Crippen MR) is 85.3 cm³/mol. The number of hydrogen-bond acceptors (Lipinski definition) is 3. The Balaban J connectivity index is 2.73. The summed E-state index contributed by atoms with van der Waals surface area (Å²) in [5, 5.41) is 2.06. The summed E-state index contributed by atoms with van der Waals surface area (Å²) >= 11 is 0. The molecule has 0 saturated heterocycles. The standard InChI is InChI=1S/C18H20O3/c1-12(11-19)9-10-14-13(2)17(20-3)15-7-5-6-8-16(15)18(14)21-4/h5-9,11H,10H2,1-4H3/b12-9+. The van der Waals surface area contributed by atoms with Crippen molar-refractivity contribution in [2.45, 2.75) is 20.3 Å². The van der Waals surface area contributed by atoms with Gasteiger partial charge >= 0.3 is 0 Å². The molecule has 2 aromatic rings. The number of fused-ring (bicyclic) bond motifs is 1. The van der Waals surface area contributed by atoms with Gasteiger partial charge in [0, 0.05) is 16.3 Å². The van der Waals surface area contributed by atoms with E-state index in [-0.39, 0.29) is 0 Å². The van der Waals surface area contributed by atoms with Crippen LogP contribution in [0.25, 0.3) is 10.8 Å². The molecular formula is C18H20O3. The van der Waals surface area contributed by atoms with Crippen LogP contribution in [-0.2, 0) is 11.2 Å². The number of hydrogen-bond donors (Lipinski definition) is 0. The van der Waals surface area contributed by atoms with Gasteiger partial charge in [0.25, 0.3) is 0 Å². The van der Waals surface area contributed by atoms with E-state index >= 15 is 0 Å². The van der Waals surface area contributed by atoms with Crippen molar-refractivity contribution in [3.05, 3.63) is 47.0 Å². The first-order valence-corrected chi connectivity index (χ1v) is 6.88. The molecule has 0 fully saturated rings. The van der Waals surface area contributed by atoms with Gasteiger partial charge in [0.2, 0.25) is 0 Å². The topological polar surface area (TPSA) is 35.5 Å². The van der Waals surface area contributed by atoms with Gasteiger partial charge in [0.15, 0.2) is 0 Å². The first-order valence-electron chi connectivity index (χ1n) is 6.88. The first kappa shape index (κ1) is 15.1. The lowest BCUT2D eigenvalue weighted by atomic mass is 9.96. The van der Waals surface area contributed by atoms with Crippen molar-refractivity contribution >= 4 is 17.1 Å². The van der Waals surface area contributed by atoms with Crippen molar-refractivity contribution < 1.29 is 14.3 Å². The summed E-state index contributed by atoms with van der Waals surface area (Å²) in [6.07, 6.45) is 3.41. The van der Waals surface area contributed by atoms with Gasteiger partial charge in [0.05, 0.1) is 14.2 Å². The largest absolute Gasteiger partial charge is 0.496 e. The molecule has 3 heteroatoms. The zero-order chi connectivity index (χ0) is 15.4. The number of carbonyl (C=O) groups is 1. The molecule has 110 valence electrons. The molecule has 2 rings (SSSR count). The highest BCUT2D eigenvalue weighted by Gasteiger charge is 2.17. The molecule has 0 aliphatic rings. The average molecular weight is 284 g/mol. The molecule has 0 amide bonds. The number of carbonyl (C=O) groups excluding carboxylic acids is 1. The van der Waals surface area contributed by atoms with E-state index in [4.69, 9.17) is 9.47 Å². The molecule has 0 N–H and O–H groups in total. The van der Waals surface area contributed by atoms with E-state index in [2.05, 4.69) is 0 Å². The Morgan fingerprint density at radius 3 is 2.19 bits per heavy atom. The third-order valence-electron chi connectivity index (χ3n) is 3.71. The first-order chi connectivity index (χ1) is 10.1. The van der Waals surface area contributed by atoms with Gasteiger partial charge in [-0.05, 0) is 31.4 Å². The van der Waals surface area contributed by atoms with Gasteiger partial charge in [-0.1, -0.05) is 30.3 Å². The van der Waals surface area contributed by atoms with Crippen LogP contribution in [0.5, 0.6) is 11.5 Å². The van der Waals surface area contributed by atoms with Crippen LogP contribution in [0.15, 0.2) is 35.9 Å². The minimum absolute atomic E-state index is 0.640. The summed E-state index contributed by atoms with van der Waals surface area (Å²) < 4.78 is 11.2. The van der Waals surface area contributed by atoms with Crippen LogP contribution in [0.3, 0.4) is 0 Å². The van der Waals surface area contributed by atoms with Crippen LogP contribution in [0, 0.1) is 6.92 Å². The minimum atomic E-state index is 0.640. The van der Waals surface area contributed by atoms with Gasteiger partial charge in [-0.2, -0.15) is 0 Å². The lowest BCUT2D eigenvalue weighted by Gasteiger charge is -2.18. The Hall–Kier alpha value is -2.29. The van der Waals surface area contributed by atoms with Gasteiger partial charge in [0.1, 0.15) is 17.8 Å². The molecular weight excluding hydrogens is 264 g/mol. The lowest BCUT2D eigenvalue weighted by Crippen LogP contribution is -2.00. The summed E-state index contributed by atoms with van der Waals surface area (Å²) in [7, 11) is 3.35. The number of rotatable bonds is 5. The smallest absolute Gasteiger partial charge is 0.145 e. The van der Waals surface area contributed by atoms with Crippen molar-refractivity contribution in [3.8, 4) is 11.5 Å². The summed E-state index contributed by atoms with van der Waals surface area (Å²) in [5.74, 6) is 1.71. The second-order valence-electron chi connectivity index (χ2n) is 4.99. The van der Waals surface area contributed by atoms with Crippen molar-refractivity contribution in [1.29, 1.82) is 0 Å². The Morgan fingerprint density at radius 2 is 1.67 bits per heavy atom. The van der Waals surface area contributed by atoms with E-state index in [9.17, 15) is 4.79 Å². The van der Waals surface area contributed by atoms with E-state index in [0.717, 1.165) is 39.7 Å². The monoisotopic (exact) mass is 284 g/mol. The third kappa shape index (κ3) is 2.77. The Labute approximate surface area is 125 Å². The van der Waals surface area contributed by atoms with Gasteiger partial charge in [-0.15, -0.1) is 0 Å². The van der Waals surface area contributed by atoms with Crippen LogP contribution in [0.1, 0.15) is 18.1 Å². The molecule has 0 aliphatic carbocycles. The SMILES string of the molecule is COc1c(C)c(C/C=C(\C)C=O)c(OC)c2ccccc12. The lowest BCUT2D eigenvalue weighted by molar-refractivity contribution is -0.104. The van der Waals surface area contributed by atoms with Gasteiger partial charge in [-0.25, -0.2) is 0 Å². The average Bonchev–Trinajstić information content (AvgIpc) is 2.52. The van der Waals surface area contributed by atoms with Crippen LogP contribution < -0.4 is 9.47 Å². The summed E-state index contributed by atoms with van der Waals surface area (Å²) in [4.78, 5) is 10.8. The fourth-order valence-corrected chi connectivity index (χ4v) is 2.60. The van der Waals surface area contributed by atoms with E-state index in [1.807, 2.05) is 37.3 Å². The number of allylic oxidation sites excluding steroid dienone is 2. The maximum atomic E-state index is 10.8. The van der Waals surface area contributed by atoms with E-state index in [0.29, 0.717) is 12.0 Å². The molecule has 0 unspecified atom stereocenters. The van der Waals surface area contributed by atoms with Crippen molar-refractivity contribution in [1.82, 2.24) is 0 Å². The second-order valence-corrected chi connectivity index (χ2v) is 4.99. The van der Waals surface area contributed by atoms with Crippen LogP contribution in [0.2, 0.25) is 0 Å². The van der Waals surface area contributed by atoms with Crippen molar-refractivity contribution in [3.63, 3.8) is 0 Å².